The second kappa shape index (κ2) is 3.25. The second-order valence-electron chi connectivity index (χ2n) is 4.99. The summed E-state index contributed by atoms with van der Waals surface area (Å²) in [7, 11) is 2.28. The third-order valence-corrected chi connectivity index (χ3v) is 4.00. The minimum absolute atomic E-state index is 0.412. The average molecular weight is 183 g/mol. The lowest BCUT2D eigenvalue weighted by Crippen LogP contribution is -2.46. The summed E-state index contributed by atoms with van der Waals surface area (Å²) in [6.45, 7) is 6.59. The third kappa shape index (κ3) is 1.40. The first-order valence-electron chi connectivity index (χ1n) is 5.46. The number of hydrogen-bond acceptors (Lipinski definition) is 2. The molecule has 0 amide bonds. The van der Waals surface area contributed by atoms with Gasteiger partial charge in [0, 0.05) is 18.2 Å². The molecule has 0 bridgehead atoms. The van der Waals surface area contributed by atoms with E-state index in [1.165, 1.54) is 19.3 Å². The van der Waals surface area contributed by atoms with Crippen molar-refractivity contribution in [3.05, 3.63) is 0 Å². The van der Waals surface area contributed by atoms with Crippen LogP contribution in [-0.2, 0) is 4.74 Å². The zero-order valence-corrected chi connectivity index (χ0v) is 9.05. The van der Waals surface area contributed by atoms with Crippen molar-refractivity contribution in [1.82, 2.24) is 4.90 Å². The number of likely N-dealkylation sites (N-methyl/N-ethyl adjacent to an activating group) is 1. The van der Waals surface area contributed by atoms with E-state index >= 15 is 0 Å². The van der Waals surface area contributed by atoms with Gasteiger partial charge in [-0.1, -0.05) is 13.8 Å². The largest absolute Gasteiger partial charge is 0.379 e. The number of hydrogen-bond donors (Lipinski definition) is 0. The van der Waals surface area contributed by atoms with Crippen LogP contribution in [-0.4, -0.2) is 36.7 Å². The quantitative estimate of drug-likeness (QED) is 0.615. The highest BCUT2D eigenvalue weighted by molar-refractivity contribution is 5.01. The molecule has 2 aliphatic heterocycles. The highest BCUT2D eigenvalue weighted by Gasteiger charge is 2.47. The summed E-state index contributed by atoms with van der Waals surface area (Å²) in [6, 6.07) is 0.779. The van der Waals surface area contributed by atoms with E-state index in [-0.39, 0.29) is 0 Å². The van der Waals surface area contributed by atoms with Gasteiger partial charge in [-0.15, -0.1) is 0 Å². The van der Waals surface area contributed by atoms with Gasteiger partial charge in [0.05, 0.1) is 6.61 Å². The zero-order chi connectivity index (χ0) is 9.47. The first kappa shape index (κ1) is 9.47. The fourth-order valence-electron chi connectivity index (χ4n) is 2.99. The lowest BCUT2D eigenvalue weighted by atomic mass is 9.96. The zero-order valence-electron chi connectivity index (χ0n) is 9.05. The average Bonchev–Trinajstić information content (AvgIpc) is 2.64. The van der Waals surface area contributed by atoms with E-state index in [4.69, 9.17) is 4.74 Å². The van der Waals surface area contributed by atoms with Crippen LogP contribution >= 0.6 is 0 Å². The van der Waals surface area contributed by atoms with Crippen molar-refractivity contribution in [3.63, 3.8) is 0 Å². The maximum Gasteiger partial charge on any atom is 0.0651 e. The van der Waals surface area contributed by atoms with E-state index in [1.54, 1.807) is 0 Å². The van der Waals surface area contributed by atoms with Crippen molar-refractivity contribution >= 4 is 0 Å². The Morgan fingerprint density at radius 2 is 2.15 bits per heavy atom. The Balaban J connectivity index is 2.09. The highest BCUT2D eigenvalue weighted by atomic mass is 16.5. The van der Waals surface area contributed by atoms with Gasteiger partial charge in [0.2, 0.25) is 0 Å². The van der Waals surface area contributed by atoms with Crippen LogP contribution in [0.5, 0.6) is 0 Å². The van der Waals surface area contributed by atoms with Crippen LogP contribution < -0.4 is 0 Å². The molecular formula is C11H21NO. The van der Waals surface area contributed by atoms with Crippen molar-refractivity contribution in [2.45, 2.75) is 44.7 Å². The molecule has 2 heteroatoms. The normalized spacial score (nSPS) is 41.1. The number of likely N-dealkylation sites (tertiary alicyclic amines) is 1. The minimum Gasteiger partial charge on any atom is -0.379 e. The monoisotopic (exact) mass is 183 g/mol. The van der Waals surface area contributed by atoms with Crippen molar-refractivity contribution in [2.75, 3.05) is 20.3 Å². The van der Waals surface area contributed by atoms with Gasteiger partial charge in [-0.05, 0) is 32.2 Å². The minimum atomic E-state index is 0.412. The molecule has 0 aromatic rings. The van der Waals surface area contributed by atoms with Crippen molar-refractivity contribution in [2.24, 2.45) is 5.92 Å². The molecule has 76 valence electrons. The van der Waals surface area contributed by atoms with E-state index in [9.17, 15) is 0 Å². The van der Waals surface area contributed by atoms with Gasteiger partial charge in [0.15, 0.2) is 0 Å². The highest BCUT2D eigenvalue weighted by Crippen LogP contribution is 2.40. The lowest BCUT2D eigenvalue weighted by molar-refractivity contribution is 0.0868. The molecule has 2 aliphatic rings. The summed E-state index contributed by atoms with van der Waals surface area (Å²) in [5.41, 5.74) is 0.412. The SMILES string of the molecule is CC(C)C1CCC2(CCOC2)N1C. The number of nitrogens with zero attached hydrogens (tertiary/aromatic N) is 1. The summed E-state index contributed by atoms with van der Waals surface area (Å²) >= 11 is 0. The Hall–Kier alpha value is -0.0800. The molecule has 2 saturated heterocycles. The molecule has 2 unspecified atom stereocenters. The van der Waals surface area contributed by atoms with E-state index < -0.39 is 0 Å². The topological polar surface area (TPSA) is 12.5 Å². The molecule has 2 fully saturated rings. The first-order valence-corrected chi connectivity index (χ1v) is 5.46. The van der Waals surface area contributed by atoms with Gasteiger partial charge in [0.1, 0.15) is 0 Å². The summed E-state index contributed by atoms with van der Waals surface area (Å²) < 4.78 is 5.54. The fraction of sp³-hybridized carbons (Fsp3) is 1.00. The molecule has 0 saturated carbocycles. The lowest BCUT2D eigenvalue weighted by Gasteiger charge is -2.35. The maximum atomic E-state index is 5.54. The smallest absolute Gasteiger partial charge is 0.0651 e. The van der Waals surface area contributed by atoms with Gasteiger partial charge in [-0.2, -0.15) is 0 Å². The van der Waals surface area contributed by atoms with E-state index in [0.717, 1.165) is 25.2 Å². The third-order valence-electron chi connectivity index (χ3n) is 4.00. The summed E-state index contributed by atoms with van der Waals surface area (Å²) in [5, 5.41) is 0. The van der Waals surface area contributed by atoms with Crippen molar-refractivity contribution < 1.29 is 4.74 Å². The van der Waals surface area contributed by atoms with Crippen LogP contribution in [0, 0.1) is 5.92 Å². The van der Waals surface area contributed by atoms with Crippen LogP contribution in [0.2, 0.25) is 0 Å². The fourth-order valence-corrected chi connectivity index (χ4v) is 2.99. The van der Waals surface area contributed by atoms with Crippen LogP contribution in [0.15, 0.2) is 0 Å². The molecule has 0 aliphatic carbocycles. The first-order chi connectivity index (χ1) is 6.16. The molecule has 2 rings (SSSR count). The summed E-state index contributed by atoms with van der Waals surface area (Å²) in [5.74, 6) is 0.782. The van der Waals surface area contributed by atoms with Crippen molar-refractivity contribution in [1.29, 1.82) is 0 Å². The Labute approximate surface area is 81.3 Å². The molecular weight excluding hydrogens is 162 g/mol. The Kier molecular flexibility index (Phi) is 2.37. The van der Waals surface area contributed by atoms with Crippen LogP contribution in [0.4, 0.5) is 0 Å². The predicted molar refractivity (Wildman–Crippen MR) is 53.8 cm³/mol. The van der Waals surface area contributed by atoms with Crippen LogP contribution in [0.3, 0.4) is 0 Å². The van der Waals surface area contributed by atoms with Crippen LogP contribution in [0.1, 0.15) is 33.1 Å². The second-order valence-corrected chi connectivity index (χ2v) is 4.99. The van der Waals surface area contributed by atoms with Gasteiger partial charge in [-0.25, -0.2) is 0 Å². The van der Waals surface area contributed by atoms with Gasteiger partial charge >= 0.3 is 0 Å². The molecule has 0 aromatic carbocycles. The molecule has 2 nitrogen and oxygen atoms in total. The van der Waals surface area contributed by atoms with Crippen molar-refractivity contribution in [3.8, 4) is 0 Å². The molecule has 1 spiro atoms. The van der Waals surface area contributed by atoms with Gasteiger partial charge < -0.3 is 4.74 Å². The predicted octanol–water partition coefficient (Wildman–Crippen LogP) is 1.90. The van der Waals surface area contributed by atoms with Gasteiger partial charge in [-0.3, -0.25) is 4.90 Å². The van der Waals surface area contributed by atoms with E-state index in [0.29, 0.717) is 5.54 Å². The van der Waals surface area contributed by atoms with Gasteiger partial charge in [0.25, 0.3) is 0 Å². The standard InChI is InChI=1S/C11H21NO/c1-9(2)10-4-5-11(12(10)3)6-7-13-8-11/h9-10H,4-8H2,1-3H3. The van der Waals surface area contributed by atoms with E-state index in [1.807, 2.05) is 0 Å². The van der Waals surface area contributed by atoms with Crippen LogP contribution in [0.25, 0.3) is 0 Å². The van der Waals surface area contributed by atoms with E-state index in [2.05, 4.69) is 25.8 Å². The maximum absolute atomic E-state index is 5.54. The molecule has 0 radical (unpaired) electrons. The summed E-state index contributed by atoms with van der Waals surface area (Å²) in [4.78, 5) is 2.59. The number of ether oxygens (including phenoxy) is 1. The number of rotatable bonds is 1. The molecule has 13 heavy (non-hydrogen) atoms. The summed E-state index contributed by atoms with van der Waals surface area (Å²) in [6.07, 6.45) is 3.94. The Morgan fingerprint density at radius 3 is 2.62 bits per heavy atom. The molecule has 2 heterocycles. The molecule has 2 atom stereocenters. The molecule has 0 N–H and O–H groups in total. The Bertz CT molecular complexity index is 185. The molecule has 0 aromatic heterocycles. The Morgan fingerprint density at radius 1 is 1.38 bits per heavy atom.